The second-order valence-electron chi connectivity index (χ2n) is 12.1. The smallest absolute Gasteiger partial charge is 0.407 e. The number of rotatable bonds is 6. The van der Waals surface area contributed by atoms with Gasteiger partial charge in [-0.2, -0.15) is 9.97 Å². The van der Waals surface area contributed by atoms with Crippen LogP contribution in [0.5, 0.6) is 6.01 Å². The molecule has 7 rings (SSSR count). The Morgan fingerprint density at radius 1 is 1.12 bits per heavy atom. The third-order valence-corrected chi connectivity index (χ3v) is 9.56. The maximum atomic E-state index is 16.6. The van der Waals surface area contributed by atoms with Gasteiger partial charge in [0.15, 0.2) is 5.82 Å². The molecule has 4 aromatic rings. The molecule has 3 aliphatic heterocycles. The second kappa shape index (κ2) is 11.1. The van der Waals surface area contributed by atoms with Gasteiger partial charge in [-0.25, -0.2) is 9.18 Å². The highest BCUT2D eigenvalue weighted by molar-refractivity contribution is 6.36. The Labute approximate surface area is 254 Å². The Kier molecular flexibility index (Phi) is 7.21. The molecule has 43 heavy (non-hydrogen) atoms. The van der Waals surface area contributed by atoms with Crippen LogP contribution in [0.15, 0.2) is 42.6 Å². The standard InChI is InChI=1S/C32H34ClFN6O3/c1-18(2)39-13-5-8-22(39)17-43-31-36-29-24(30(37-31)38-15-20-11-12-21(16-38)40(20)32(41)42)14-35-28(27(29)34)23-9-3-6-19-7-4-10-25(33)26(19)23/h3-4,6-7,9-10,14,18,20-22H,5,8,11-13,15-17H2,1-2H3,(H,41,42)/t20-,21+,22-/m0/s1. The number of carboxylic acid groups (broad SMARTS) is 1. The van der Waals surface area contributed by atoms with Crippen LogP contribution in [0.25, 0.3) is 32.9 Å². The van der Waals surface area contributed by atoms with E-state index in [1.165, 1.54) is 0 Å². The molecule has 2 aromatic heterocycles. The molecule has 3 fully saturated rings. The summed E-state index contributed by atoms with van der Waals surface area (Å²) in [6.45, 7) is 6.69. The summed E-state index contributed by atoms with van der Waals surface area (Å²) in [5.41, 5.74) is 0.852. The van der Waals surface area contributed by atoms with Crippen molar-refractivity contribution in [2.75, 3.05) is 31.1 Å². The number of fused-ring (bicyclic) bond motifs is 4. The van der Waals surface area contributed by atoms with E-state index >= 15 is 4.39 Å². The first kappa shape index (κ1) is 28.0. The van der Waals surface area contributed by atoms with E-state index in [1.807, 2.05) is 35.2 Å². The van der Waals surface area contributed by atoms with E-state index in [0.717, 1.165) is 43.0 Å². The molecule has 0 saturated carbocycles. The normalized spacial score (nSPS) is 22.3. The molecular weight excluding hydrogens is 571 g/mol. The zero-order valence-corrected chi connectivity index (χ0v) is 25.0. The Hall–Kier alpha value is -3.76. The summed E-state index contributed by atoms with van der Waals surface area (Å²) < 4.78 is 22.8. The van der Waals surface area contributed by atoms with Crippen molar-refractivity contribution >= 4 is 45.2 Å². The average Bonchev–Trinajstić information content (AvgIpc) is 3.58. The molecular formula is C32H34ClFN6O3. The monoisotopic (exact) mass is 604 g/mol. The predicted octanol–water partition coefficient (Wildman–Crippen LogP) is 6.22. The summed E-state index contributed by atoms with van der Waals surface area (Å²) in [4.78, 5) is 32.0. The van der Waals surface area contributed by atoms with Crippen molar-refractivity contribution < 1.29 is 19.0 Å². The van der Waals surface area contributed by atoms with Crippen molar-refractivity contribution in [2.24, 2.45) is 0 Å². The Bertz CT molecular complexity index is 1700. The van der Waals surface area contributed by atoms with Gasteiger partial charge in [-0.15, -0.1) is 0 Å². The number of benzene rings is 2. The van der Waals surface area contributed by atoms with Crippen molar-refractivity contribution in [3.63, 3.8) is 0 Å². The van der Waals surface area contributed by atoms with Crippen LogP contribution in [0.3, 0.4) is 0 Å². The van der Waals surface area contributed by atoms with E-state index in [4.69, 9.17) is 21.3 Å². The lowest BCUT2D eigenvalue weighted by molar-refractivity contribution is 0.114. The zero-order chi connectivity index (χ0) is 29.8. The Morgan fingerprint density at radius 2 is 1.86 bits per heavy atom. The third kappa shape index (κ3) is 4.90. The van der Waals surface area contributed by atoms with Gasteiger partial charge in [-0.05, 0) is 57.5 Å². The number of halogens is 2. The maximum Gasteiger partial charge on any atom is 0.407 e. The highest BCUT2D eigenvalue weighted by Crippen LogP contribution is 2.39. The minimum Gasteiger partial charge on any atom is -0.465 e. The van der Waals surface area contributed by atoms with Crippen LogP contribution < -0.4 is 9.64 Å². The van der Waals surface area contributed by atoms with Crippen LogP contribution >= 0.6 is 11.6 Å². The summed E-state index contributed by atoms with van der Waals surface area (Å²) in [6.07, 6.45) is 4.40. The number of aromatic nitrogens is 3. The molecule has 9 nitrogen and oxygen atoms in total. The lowest BCUT2D eigenvalue weighted by Gasteiger charge is -2.40. The van der Waals surface area contributed by atoms with Gasteiger partial charge in [0.1, 0.15) is 23.6 Å². The highest BCUT2D eigenvalue weighted by atomic mass is 35.5. The van der Waals surface area contributed by atoms with Crippen LogP contribution in [0, 0.1) is 5.82 Å². The first-order valence-electron chi connectivity index (χ1n) is 15.0. The molecule has 0 unspecified atom stereocenters. The third-order valence-electron chi connectivity index (χ3n) is 9.25. The largest absolute Gasteiger partial charge is 0.465 e. The van der Waals surface area contributed by atoms with Gasteiger partial charge in [-0.1, -0.05) is 41.9 Å². The fourth-order valence-corrected chi connectivity index (χ4v) is 7.57. The van der Waals surface area contributed by atoms with Crippen molar-refractivity contribution in [1.29, 1.82) is 0 Å². The van der Waals surface area contributed by atoms with Crippen LogP contribution in [0.2, 0.25) is 5.02 Å². The van der Waals surface area contributed by atoms with Crippen LogP contribution in [-0.2, 0) is 0 Å². The number of piperazine rings is 1. The SMILES string of the molecule is CC(C)N1CCC[C@H]1COc1nc(N2C[C@H]3CC[C@@H](C2)N3C(=O)O)c2cnc(-c3cccc4cccc(Cl)c34)c(F)c2n1. The van der Waals surface area contributed by atoms with E-state index in [2.05, 4.69) is 28.7 Å². The quantitative estimate of drug-likeness (QED) is 0.277. The number of pyridine rings is 1. The van der Waals surface area contributed by atoms with Crippen LogP contribution in [0.1, 0.15) is 39.5 Å². The van der Waals surface area contributed by atoms with Crippen LogP contribution in [-0.4, -0.2) is 86.4 Å². The van der Waals surface area contributed by atoms with E-state index < -0.39 is 11.9 Å². The number of anilines is 1. The Balaban J connectivity index is 1.33. The summed E-state index contributed by atoms with van der Waals surface area (Å²) >= 11 is 6.59. The lowest BCUT2D eigenvalue weighted by Crippen LogP contribution is -2.55. The minimum atomic E-state index is -0.902. The maximum absolute atomic E-state index is 16.6. The summed E-state index contributed by atoms with van der Waals surface area (Å²) in [6, 6.07) is 11.6. The lowest BCUT2D eigenvalue weighted by atomic mass is 10.0. The summed E-state index contributed by atoms with van der Waals surface area (Å²) in [5.74, 6) is -0.0572. The number of hydrogen-bond acceptors (Lipinski definition) is 7. The fourth-order valence-electron chi connectivity index (χ4n) is 7.28. The van der Waals surface area contributed by atoms with Gasteiger partial charge in [0.2, 0.25) is 0 Å². The highest BCUT2D eigenvalue weighted by Gasteiger charge is 2.43. The van der Waals surface area contributed by atoms with Gasteiger partial charge in [-0.3, -0.25) is 14.8 Å². The molecule has 2 bridgehead atoms. The van der Waals surface area contributed by atoms with E-state index in [1.54, 1.807) is 17.2 Å². The second-order valence-corrected chi connectivity index (χ2v) is 12.5. The molecule has 0 spiro atoms. The average molecular weight is 605 g/mol. The van der Waals surface area contributed by atoms with Crippen molar-refractivity contribution in [3.05, 3.63) is 53.4 Å². The molecule has 11 heteroatoms. The topological polar surface area (TPSA) is 94.9 Å². The Morgan fingerprint density at radius 3 is 2.58 bits per heavy atom. The number of amides is 1. The molecule has 3 saturated heterocycles. The molecule has 224 valence electrons. The van der Waals surface area contributed by atoms with Crippen molar-refractivity contribution in [3.8, 4) is 17.3 Å². The van der Waals surface area contributed by atoms with Crippen molar-refractivity contribution in [2.45, 2.75) is 63.7 Å². The van der Waals surface area contributed by atoms with Crippen molar-refractivity contribution in [1.82, 2.24) is 24.8 Å². The number of likely N-dealkylation sites (tertiary alicyclic amines) is 1. The van der Waals surface area contributed by atoms with E-state index in [9.17, 15) is 9.90 Å². The molecule has 1 N–H and O–H groups in total. The van der Waals surface area contributed by atoms with Gasteiger partial charge in [0, 0.05) is 47.3 Å². The summed E-state index contributed by atoms with van der Waals surface area (Å²) in [7, 11) is 0. The molecule has 1 amide bonds. The minimum absolute atomic E-state index is 0.109. The summed E-state index contributed by atoms with van der Waals surface area (Å²) in [5, 5.41) is 12.4. The zero-order valence-electron chi connectivity index (χ0n) is 24.2. The van der Waals surface area contributed by atoms with E-state index in [-0.39, 0.29) is 35.3 Å². The van der Waals surface area contributed by atoms with E-state index in [0.29, 0.717) is 47.5 Å². The number of nitrogens with zero attached hydrogens (tertiary/aromatic N) is 6. The molecule has 0 aliphatic carbocycles. The number of ether oxygens (including phenoxy) is 1. The van der Waals surface area contributed by atoms with Gasteiger partial charge >= 0.3 is 12.1 Å². The molecule has 3 aliphatic rings. The molecule has 3 atom stereocenters. The molecule has 2 aromatic carbocycles. The van der Waals surface area contributed by atoms with Gasteiger partial charge in [0.05, 0.1) is 17.5 Å². The molecule has 5 heterocycles. The predicted molar refractivity (Wildman–Crippen MR) is 164 cm³/mol. The van der Waals surface area contributed by atoms with Gasteiger partial charge in [0.25, 0.3) is 0 Å². The first-order chi connectivity index (χ1) is 20.8. The molecule has 0 radical (unpaired) electrons. The number of hydrogen-bond donors (Lipinski definition) is 1. The fraction of sp³-hybridized carbons (Fsp3) is 0.438. The first-order valence-corrected chi connectivity index (χ1v) is 15.4. The van der Waals surface area contributed by atoms with Crippen LogP contribution in [0.4, 0.5) is 15.0 Å². The van der Waals surface area contributed by atoms with Gasteiger partial charge < -0.3 is 14.7 Å². The number of carbonyl (C=O) groups is 1.